The fourth-order valence-corrected chi connectivity index (χ4v) is 3.19. The molecule has 0 aliphatic carbocycles. The second-order valence-corrected chi connectivity index (χ2v) is 7.70. The Hall–Kier alpha value is -0.880. The van der Waals surface area contributed by atoms with Crippen LogP contribution in [0.2, 0.25) is 0 Å². The fourth-order valence-electron chi connectivity index (χ4n) is 2.30. The van der Waals surface area contributed by atoms with Crippen molar-refractivity contribution >= 4 is 9.84 Å². The second-order valence-electron chi connectivity index (χ2n) is 5.23. The van der Waals surface area contributed by atoms with Gasteiger partial charge in [0, 0.05) is 30.6 Å². The van der Waals surface area contributed by atoms with Crippen LogP contribution in [0.25, 0.3) is 0 Å². The molecule has 0 radical (unpaired) electrons. The molecule has 0 bridgehead atoms. The molecule has 0 aliphatic heterocycles. The first-order valence-corrected chi connectivity index (χ1v) is 9.15. The molecular formula is C14H27N3O2S. The molecule has 0 saturated carbocycles. The van der Waals surface area contributed by atoms with Crippen molar-refractivity contribution in [2.75, 3.05) is 18.1 Å². The summed E-state index contributed by atoms with van der Waals surface area (Å²) in [6, 6.07) is 0.190. The minimum absolute atomic E-state index is 0.190. The van der Waals surface area contributed by atoms with Gasteiger partial charge in [-0.05, 0) is 32.7 Å². The molecule has 1 unspecified atom stereocenters. The maximum atomic E-state index is 11.6. The minimum Gasteiger partial charge on any atom is -0.310 e. The lowest BCUT2D eigenvalue weighted by Gasteiger charge is -2.18. The van der Waals surface area contributed by atoms with E-state index in [1.165, 1.54) is 5.56 Å². The zero-order valence-electron chi connectivity index (χ0n) is 13.0. The van der Waals surface area contributed by atoms with Crippen molar-refractivity contribution in [2.45, 2.75) is 46.1 Å². The number of hydrogen-bond donors (Lipinski definition) is 1. The summed E-state index contributed by atoms with van der Waals surface area (Å²) in [5.74, 6) is 0.499. The molecule has 6 heteroatoms. The van der Waals surface area contributed by atoms with Gasteiger partial charge in [-0.1, -0.05) is 13.8 Å². The highest BCUT2D eigenvalue weighted by molar-refractivity contribution is 7.91. The molecule has 0 spiro atoms. The number of aromatic nitrogens is 2. The third-order valence-electron chi connectivity index (χ3n) is 3.46. The van der Waals surface area contributed by atoms with Gasteiger partial charge in [-0.2, -0.15) is 5.10 Å². The van der Waals surface area contributed by atoms with Gasteiger partial charge in [0.25, 0.3) is 0 Å². The van der Waals surface area contributed by atoms with Crippen LogP contribution in [0.15, 0.2) is 6.20 Å². The molecule has 1 aromatic rings. The lowest BCUT2D eigenvalue weighted by Crippen LogP contribution is -2.23. The zero-order chi connectivity index (χ0) is 15.2. The van der Waals surface area contributed by atoms with Crippen molar-refractivity contribution in [3.8, 4) is 0 Å². The van der Waals surface area contributed by atoms with Crippen LogP contribution in [-0.2, 0) is 16.9 Å². The number of hydrogen-bond acceptors (Lipinski definition) is 4. The van der Waals surface area contributed by atoms with Gasteiger partial charge in [0.15, 0.2) is 0 Å². The molecule has 20 heavy (non-hydrogen) atoms. The Morgan fingerprint density at radius 3 is 2.60 bits per heavy atom. The Balaban J connectivity index is 2.68. The van der Waals surface area contributed by atoms with Crippen LogP contribution < -0.4 is 5.32 Å². The van der Waals surface area contributed by atoms with Gasteiger partial charge in [-0.15, -0.1) is 0 Å². The van der Waals surface area contributed by atoms with Gasteiger partial charge in [0.2, 0.25) is 0 Å². The maximum Gasteiger partial charge on any atom is 0.150 e. The van der Waals surface area contributed by atoms with Gasteiger partial charge in [-0.25, -0.2) is 8.42 Å². The van der Waals surface area contributed by atoms with Gasteiger partial charge >= 0.3 is 0 Å². The molecule has 5 nitrogen and oxygen atoms in total. The van der Waals surface area contributed by atoms with Gasteiger partial charge in [0.05, 0.1) is 11.4 Å². The molecule has 0 fully saturated rings. The van der Waals surface area contributed by atoms with E-state index in [2.05, 4.69) is 17.3 Å². The van der Waals surface area contributed by atoms with Crippen LogP contribution in [-0.4, -0.2) is 36.2 Å². The number of nitrogens with one attached hydrogen (secondary N) is 1. The van der Waals surface area contributed by atoms with E-state index >= 15 is 0 Å². The van der Waals surface area contributed by atoms with Gasteiger partial charge in [-0.3, -0.25) is 4.68 Å². The van der Waals surface area contributed by atoms with Crippen LogP contribution >= 0.6 is 0 Å². The summed E-state index contributed by atoms with van der Waals surface area (Å²) in [6.07, 6.45) is 4.59. The quantitative estimate of drug-likeness (QED) is 0.757. The highest BCUT2D eigenvalue weighted by atomic mass is 32.2. The second kappa shape index (κ2) is 7.78. The predicted molar refractivity (Wildman–Crippen MR) is 82.5 cm³/mol. The normalized spacial score (nSPS) is 13.6. The Labute approximate surface area is 122 Å². The van der Waals surface area contributed by atoms with Crippen molar-refractivity contribution in [1.82, 2.24) is 15.1 Å². The van der Waals surface area contributed by atoms with Crippen molar-refractivity contribution in [3.63, 3.8) is 0 Å². The predicted octanol–water partition coefficient (Wildman–Crippen LogP) is 1.98. The van der Waals surface area contributed by atoms with E-state index in [4.69, 9.17) is 0 Å². The molecule has 0 aliphatic rings. The Morgan fingerprint density at radius 1 is 1.40 bits per heavy atom. The van der Waals surface area contributed by atoms with E-state index in [1.54, 1.807) is 6.92 Å². The molecule has 1 heterocycles. The number of rotatable bonds is 9. The summed E-state index contributed by atoms with van der Waals surface area (Å²) in [5.41, 5.74) is 2.19. The van der Waals surface area contributed by atoms with Gasteiger partial charge in [0.1, 0.15) is 9.84 Å². The number of nitrogens with zero attached hydrogens (tertiary/aromatic N) is 2. The van der Waals surface area contributed by atoms with Crippen molar-refractivity contribution in [3.05, 3.63) is 17.5 Å². The van der Waals surface area contributed by atoms with Crippen LogP contribution in [0.5, 0.6) is 0 Å². The number of sulfone groups is 1. The number of aryl methyl sites for hydroxylation is 2. The molecule has 1 rings (SSSR count). The summed E-state index contributed by atoms with van der Waals surface area (Å²) in [7, 11) is -0.960. The van der Waals surface area contributed by atoms with Crippen LogP contribution in [0, 0.1) is 6.92 Å². The molecule has 0 aromatic carbocycles. The lowest BCUT2D eigenvalue weighted by molar-refractivity contribution is 0.490. The molecule has 116 valence electrons. The first-order chi connectivity index (χ1) is 9.39. The third-order valence-corrected chi connectivity index (χ3v) is 5.25. The molecule has 1 N–H and O–H groups in total. The van der Waals surface area contributed by atoms with E-state index in [0.717, 1.165) is 25.1 Å². The summed E-state index contributed by atoms with van der Waals surface area (Å²) >= 11 is 0. The molecule has 0 saturated heterocycles. The highest BCUT2D eigenvalue weighted by Crippen LogP contribution is 2.21. The van der Waals surface area contributed by atoms with E-state index in [9.17, 15) is 8.42 Å². The standard InChI is InChI=1S/C14H27N3O2S/c1-5-9-15-14(8-7-10-20(18,19)6-2)13-11-17(4)16-12(13)3/h11,14-15H,5-10H2,1-4H3. The molecular weight excluding hydrogens is 274 g/mol. The van der Waals surface area contributed by atoms with E-state index in [0.29, 0.717) is 6.42 Å². The first-order valence-electron chi connectivity index (χ1n) is 7.33. The highest BCUT2D eigenvalue weighted by Gasteiger charge is 2.17. The van der Waals surface area contributed by atoms with Crippen molar-refractivity contribution in [2.24, 2.45) is 7.05 Å². The van der Waals surface area contributed by atoms with Crippen LogP contribution in [0.3, 0.4) is 0 Å². The van der Waals surface area contributed by atoms with Gasteiger partial charge < -0.3 is 5.32 Å². The Morgan fingerprint density at radius 2 is 2.10 bits per heavy atom. The molecule has 1 aromatic heterocycles. The monoisotopic (exact) mass is 301 g/mol. The fraction of sp³-hybridized carbons (Fsp3) is 0.786. The summed E-state index contributed by atoms with van der Waals surface area (Å²) in [5, 5.41) is 7.87. The van der Waals surface area contributed by atoms with E-state index in [-0.39, 0.29) is 17.5 Å². The lowest BCUT2D eigenvalue weighted by atomic mass is 10.0. The van der Waals surface area contributed by atoms with Crippen LogP contribution in [0.1, 0.15) is 50.4 Å². The topological polar surface area (TPSA) is 64.0 Å². The first kappa shape index (κ1) is 17.2. The van der Waals surface area contributed by atoms with Crippen molar-refractivity contribution in [1.29, 1.82) is 0 Å². The summed E-state index contributed by atoms with van der Waals surface area (Å²) in [6.45, 7) is 6.76. The third kappa shape index (κ3) is 5.25. The Kier molecular flexibility index (Phi) is 6.68. The smallest absolute Gasteiger partial charge is 0.150 e. The average Bonchev–Trinajstić information content (AvgIpc) is 2.72. The molecule has 1 atom stereocenters. The maximum absolute atomic E-state index is 11.6. The van der Waals surface area contributed by atoms with Crippen LogP contribution in [0.4, 0.5) is 0 Å². The summed E-state index contributed by atoms with van der Waals surface area (Å²) < 4.78 is 24.9. The molecule has 0 amide bonds. The average molecular weight is 301 g/mol. The largest absolute Gasteiger partial charge is 0.310 e. The summed E-state index contributed by atoms with van der Waals surface area (Å²) in [4.78, 5) is 0. The van der Waals surface area contributed by atoms with Crippen molar-refractivity contribution < 1.29 is 8.42 Å². The van der Waals surface area contributed by atoms with E-state index < -0.39 is 9.84 Å². The Bertz CT molecular complexity index is 508. The SMILES string of the molecule is CCCNC(CCCS(=O)(=O)CC)c1cn(C)nc1C. The van der Waals surface area contributed by atoms with E-state index in [1.807, 2.05) is 24.9 Å². The zero-order valence-corrected chi connectivity index (χ0v) is 13.8. The minimum atomic E-state index is -2.87.